The summed E-state index contributed by atoms with van der Waals surface area (Å²) in [5, 5.41) is 0. The van der Waals surface area contributed by atoms with Crippen LogP contribution in [-0.2, 0) is 6.54 Å². The van der Waals surface area contributed by atoms with E-state index in [9.17, 15) is 0 Å². The van der Waals surface area contributed by atoms with Crippen LogP contribution in [0.15, 0.2) is 22.7 Å². The second-order valence-corrected chi connectivity index (χ2v) is 7.83. The molecule has 1 aliphatic heterocycles. The van der Waals surface area contributed by atoms with Crippen LogP contribution >= 0.6 is 27.7 Å². The molecule has 1 aliphatic rings. The van der Waals surface area contributed by atoms with Crippen molar-refractivity contribution in [1.29, 1.82) is 0 Å². The molecule has 0 atom stereocenters. The van der Waals surface area contributed by atoms with Crippen LogP contribution in [0.5, 0.6) is 0 Å². The maximum absolute atomic E-state index is 5.84. The lowest BCUT2D eigenvalue weighted by Gasteiger charge is -2.37. The summed E-state index contributed by atoms with van der Waals surface area (Å²) in [6, 6.07) is 6.04. The van der Waals surface area contributed by atoms with E-state index in [1.54, 1.807) is 0 Å². The number of benzene rings is 1. The Bertz CT molecular complexity index is 406. The maximum atomic E-state index is 5.84. The maximum Gasteiger partial charge on any atom is 0.0318 e. The van der Waals surface area contributed by atoms with Crippen LogP contribution in [0.2, 0.25) is 0 Å². The second kappa shape index (κ2) is 5.21. The van der Waals surface area contributed by atoms with Crippen LogP contribution in [0, 0.1) is 0 Å². The van der Waals surface area contributed by atoms with Gasteiger partial charge in [-0.3, -0.25) is 4.90 Å². The van der Waals surface area contributed by atoms with Crippen LogP contribution in [0.3, 0.4) is 0 Å². The molecule has 0 amide bonds. The van der Waals surface area contributed by atoms with Crippen molar-refractivity contribution in [1.82, 2.24) is 4.90 Å². The molecule has 2 nitrogen and oxygen atoms in total. The van der Waals surface area contributed by atoms with Crippen LogP contribution in [-0.4, -0.2) is 28.5 Å². The van der Waals surface area contributed by atoms with Crippen molar-refractivity contribution in [2.45, 2.75) is 25.1 Å². The summed E-state index contributed by atoms with van der Waals surface area (Å²) in [5.74, 6) is 1.22. The zero-order valence-electron chi connectivity index (χ0n) is 10.4. The van der Waals surface area contributed by atoms with Crippen molar-refractivity contribution in [3.8, 4) is 0 Å². The molecule has 1 aromatic rings. The summed E-state index contributed by atoms with van der Waals surface area (Å²) < 4.78 is 1.52. The van der Waals surface area contributed by atoms with Gasteiger partial charge in [0.15, 0.2) is 0 Å². The molecular weight excluding hydrogens is 296 g/mol. The molecule has 0 unspecified atom stereocenters. The van der Waals surface area contributed by atoms with Gasteiger partial charge in [-0.05, 0) is 37.6 Å². The molecule has 0 spiro atoms. The molecule has 0 aliphatic carbocycles. The van der Waals surface area contributed by atoms with Crippen LogP contribution < -0.4 is 5.73 Å². The Balaban J connectivity index is 2.07. The summed E-state index contributed by atoms with van der Waals surface area (Å²) in [5.41, 5.74) is 7.97. The first-order valence-corrected chi connectivity index (χ1v) is 7.64. The molecule has 0 saturated carbocycles. The summed E-state index contributed by atoms with van der Waals surface area (Å²) in [6.07, 6.45) is 0. The Morgan fingerprint density at radius 3 is 2.94 bits per heavy atom. The molecule has 17 heavy (non-hydrogen) atoms. The predicted molar refractivity (Wildman–Crippen MR) is 80.4 cm³/mol. The number of nitrogens with zero attached hydrogens (tertiary/aromatic N) is 1. The average Bonchev–Trinajstić information content (AvgIpc) is 2.22. The first kappa shape index (κ1) is 13.2. The van der Waals surface area contributed by atoms with Gasteiger partial charge in [0.1, 0.15) is 0 Å². The highest BCUT2D eigenvalue weighted by atomic mass is 79.9. The Morgan fingerprint density at radius 1 is 1.47 bits per heavy atom. The smallest absolute Gasteiger partial charge is 0.0318 e. The molecule has 4 heteroatoms. The lowest BCUT2D eigenvalue weighted by Crippen LogP contribution is -2.42. The van der Waals surface area contributed by atoms with Crippen molar-refractivity contribution in [3.05, 3.63) is 28.2 Å². The minimum Gasteiger partial charge on any atom is -0.399 e. The van der Waals surface area contributed by atoms with Crippen LogP contribution in [0.25, 0.3) is 0 Å². The average molecular weight is 315 g/mol. The highest BCUT2D eigenvalue weighted by molar-refractivity contribution is 9.10. The minimum atomic E-state index is 0.366. The van der Waals surface area contributed by atoms with E-state index in [-0.39, 0.29) is 0 Å². The van der Waals surface area contributed by atoms with Crippen LogP contribution in [0.4, 0.5) is 5.69 Å². The fourth-order valence-electron chi connectivity index (χ4n) is 2.21. The fraction of sp³-hybridized carbons (Fsp3) is 0.538. The van der Waals surface area contributed by atoms with Gasteiger partial charge >= 0.3 is 0 Å². The van der Waals surface area contributed by atoms with Gasteiger partial charge in [0, 0.05) is 40.3 Å². The Hall–Kier alpha value is -0.190. The third-order valence-corrected chi connectivity index (χ3v) is 5.04. The van der Waals surface area contributed by atoms with E-state index < -0.39 is 0 Å². The van der Waals surface area contributed by atoms with Crippen molar-refractivity contribution in [2.75, 3.05) is 24.6 Å². The number of nitrogens with two attached hydrogens (primary N) is 1. The number of anilines is 1. The molecule has 1 aromatic carbocycles. The zero-order chi connectivity index (χ0) is 12.5. The number of halogens is 1. The molecule has 1 saturated heterocycles. The molecule has 1 fully saturated rings. The van der Waals surface area contributed by atoms with Crippen LogP contribution in [0.1, 0.15) is 19.4 Å². The highest BCUT2D eigenvalue weighted by Gasteiger charge is 2.27. The topological polar surface area (TPSA) is 29.3 Å². The number of nitrogen functional groups attached to an aromatic ring is 1. The van der Waals surface area contributed by atoms with Crippen molar-refractivity contribution in [2.24, 2.45) is 0 Å². The van der Waals surface area contributed by atoms with E-state index >= 15 is 0 Å². The summed E-state index contributed by atoms with van der Waals surface area (Å²) >= 11 is 5.66. The van der Waals surface area contributed by atoms with Crippen molar-refractivity contribution < 1.29 is 0 Å². The molecule has 1 heterocycles. The van der Waals surface area contributed by atoms with E-state index in [1.165, 1.54) is 11.3 Å². The quantitative estimate of drug-likeness (QED) is 0.849. The van der Waals surface area contributed by atoms with Gasteiger partial charge in [-0.25, -0.2) is 0 Å². The van der Waals surface area contributed by atoms with Gasteiger partial charge in [0.2, 0.25) is 0 Å². The Labute approximate surface area is 116 Å². The van der Waals surface area contributed by atoms with E-state index in [2.05, 4.69) is 52.5 Å². The lowest BCUT2D eigenvalue weighted by atomic mass is 10.1. The van der Waals surface area contributed by atoms with Gasteiger partial charge in [-0.15, -0.1) is 0 Å². The number of thioether (sulfide) groups is 1. The number of hydrogen-bond donors (Lipinski definition) is 1. The van der Waals surface area contributed by atoms with Gasteiger partial charge < -0.3 is 5.73 Å². The number of rotatable bonds is 2. The minimum absolute atomic E-state index is 0.366. The number of hydrogen-bond acceptors (Lipinski definition) is 3. The van der Waals surface area contributed by atoms with Crippen molar-refractivity contribution in [3.63, 3.8) is 0 Å². The molecule has 94 valence electrons. The van der Waals surface area contributed by atoms with Gasteiger partial charge in [-0.1, -0.05) is 15.9 Å². The monoisotopic (exact) mass is 314 g/mol. The molecule has 0 bridgehead atoms. The third-order valence-electron chi connectivity index (χ3n) is 2.97. The SMILES string of the molecule is CC1(C)CN(Cc2cc(N)ccc2Br)CCS1. The first-order chi connectivity index (χ1) is 7.96. The molecule has 0 aromatic heterocycles. The summed E-state index contributed by atoms with van der Waals surface area (Å²) in [7, 11) is 0. The molecule has 2 N–H and O–H groups in total. The lowest BCUT2D eigenvalue weighted by molar-refractivity contribution is 0.252. The van der Waals surface area contributed by atoms with Gasteiger partial charge in [0.05, 0.1) is 0 Å². The molecular formula is C13H19BrN2S. The fourth-order valence-corrected chi connectivity index (χ4v) is 3.75. The largest absolute Gasteiger partial charge is 0.399 e. The Morgan fingerprint density at radius 2 is 2.24 bits per heavy atom. The first-order valence-electron chi connectivity index (χ1n) is 5.86. The van der Waals surface area contributed by atoms with Gasteiger partial charge in [0.25, 0.3) is 0 Å². The van der Waals surface area contributed by atoms with E-state index in [0.29, 0.717) is 4.75 Å². The van der Waals surface area contributed by atoms with E-state index in [0.717, 1.165) is 29.8 Å². The summed E-state index contributed by atoms with van der Waals surface area (Å²) in [4.78, 5) is 2.51. The predicted octanol–water partition coefficient (Wildman–Crippen LogP) is 3.36. The second-order valence-electron chi connectivity index (χ2n) is 5.17. The van der Waals surface area contributed by atoms with E-state index in [1.807, 2.05) is 12.1 Å². The Kier molecular flexibility index (Phi) is 4.06. The van der Waals surface area contributed by atoms with E-state index in [4.69, 9.17) is 5.73 Å². The van der Waals surface area contributed by atoms with Gasteiger partial charge in [-0.2, -0.15) is 11.8 Å². The highest BCUT2D eigenvalue weighted by Crippen LogP contribution is 2.31. The molecule has 0 radical (unpaired) electrons. The molecule has 2 rings (SSSR count). The zero-order valence-corrected chi connectivity index (χ0v) is 12.8. The van der Waals surface area contributed by atoms with Crippen molar-refractivity contribution >= 4 is 33.4 Å². The standard InChI is InChI=1S/C13H19BrN2S/c1-13(2)9-16(5-6-17-13)8-10-7-11(15)3-4-12(10)14/h3-4,7H,5-6,8-9,15H2,1-2H3. The normalized spacial score (nSPS) is 20.4. The third kappa shape index (κ3) is 3.63. The summed E-state index contributed by atoms with van der Waals surface area (Å²) in [6.45, 7) is 7.92.